The minimum atomic E-state index is -1.47. The molecule has 4 rings (SSSR count). The van der Waals surface area contributed by atoms with Crippen LogP contribution in [0.15, 0.2) is 43.4 Å². The highest BCUT2D eigenvalue weighted by molar-refractivity contribution is 8.26. The van der Waals surface area contributed by atoms with Gasteiger partial charge in [0.2, 0.25) is 0 Å². The van der Waals surface area contributed by atoms with Crippen LogP contribution < -0.4 is 4.90 Å². The first-order valence-corrected chi connectivity index (χ1v) is 16.2. The third kappa shape index (κ3) is 5.26. The van der Waals surface area contributed by atoms with E-state index in [0.717, 1.165) is 45.2 Å². The van der Waals surface area contributed by atoms with Crippen molar-refractivity contribution in [1.29, 1.82) is 0 Å². The van der Waals surface area contributed by atoms with Gasteiger partial charge in [-0.1, -0.05) is 46.9 Å². The number of fused-ring (bicyclic) bond motifs is 3. The summed E-state index contributed by atoms with van der Waals surface area (Å²) in [5.41, 5.74) is 2.75. The number of ether oxygens (including phenoxy) is 4. The summed E-state index contributed by atoms with van der Waals surface area (Å²) in [4.78, 5) is 57.3. The Hall–Kier alpha value is -2.83. The highest BCUT2D eigenvalue weighted by Crippen LogP contribution is 2.71. The van der Waals surface area contributed by atoms with E-state index >= 15 is 0 Å². The zero-order valence-corrected chi connectivity index (χ0v) is 27.4. The van der Waals surface area contributed by atoms with E-state index in [9.17, 15) is 19.2 Å². The third-order valence-electron chi connectivity index (χ3n) is 7.05. The van der Waals surface area contributed by atoms with Crippen molar-refractivity contribution in [2.45, 2.75) is 58.1 Å². The maximum Gasteiger partial charge on any atom is 0.346 e. The van der Waals surface area contributed by atoms with Gasteiger partial charge in [0.25, 0.3) is 0 Å². The van der Waals surface area contributed by atoms with E-state index < -0.39 is 33.5 Å². The number of benzene rings is 1. The maximum absolute atomic E-state index is 14.0. The number of carbonyl (C=O) groups excluding carboxylic acids is 4. The Morgan fingerprint density at radius 2 is 1.24 bits per heavy atom. The standard InChI is InChI=1S/C30H35NO8S3/c1-9-36-25(32)20-21(26(33)37-10-2)40-24-19(17-15-16(5)13-14-18(17)31(8)29(24,6)7)30(20)41-22(27(34)38-11-3)23(42-30)28(35)39-12-4/h13-15H,9-12H2,1-8H3. The first-order chi connectivity index (χ1) is 19.9. The molecule has 0 atom stereocenters. The molecule has 0 aromatic heterocycles. The second-order valence-corrected chi connectivity index (χ2v) is 13.7. The van der Waals surface area contributed by atoms with E-state index in [1.54, 1.807) is 27.7 Å². The first-order valence-electron chi connectivity index (χ1n) is 13.7. The molecular formula is C30H35NO8S3. The summed E-state index contributed by atoms with van der Waals surface area (Å²) < 4.78 is 20.3. The molecule has 0 fully saturated rings. The van der Waals surface area contributed by atoms with E-state index in [1.165, 1.54) is 11.8 Å². The molecule has 0 radical (unpaired) electrons. The fraction of sp³-hybridized carbons (Fsp3) is 0.467. The summed E-state index contributed by atoms with van der Waals surface area (Å²) in [5, 5.41) is 0. The number of hydrogen-bond donors (Lipinski definition) is 0. The van der Waals surface area contributed by atoms with E-state index in [4.69, 9.17) is 18.9 Å². The molecule has 3 heterocycles. The number of rotatable bonds is 8. The van der Waals surface area contributed by atoms with Gasteiger partial charge in [-0.3, -0.25) is 0 Å². The van der Waals surface area contributed by atoms with Crippen LogP contribution in [0, 0.1) is 6.92 Å². The van der Waals surface area contributed by atoms with Gasteiger partial charge in [0.1, 0.15) is 18.8 Å². The number of hydrogen-bond acceptors (Lipinski definition) is 12. The molecule has 0 saturated heterocycles. The van der Waals surface area contributed by atoms with Crippen molar-refractivity contribution in [3.05, 3.63) is 54.5 Å². The highest BCUT2D eigenvalue weighted by Gasteiger charge is 2.61. The summed E-state index contributed by atoms with van der Waals surface area (Å²) in [6.07, 6.45) is 0. The van der Waals surface area contributed by atoms with Crippen LogP contribution in [-0.2, 0) is 38.1 Å². The Morgan fingerprint density at radius 3 is 1.74 bits per heavy atom. The monoisotopic (exact) mass is 633 g/mol. The molecule has 0 bridgehead atoms. The Kier molecular flexibility index (Phi) is 9.49. The van der Waals surface area contributed by atoms with Crippen molar-refractivity contribution in [2.24, 2.45) is 0 Å². The SMILES string of the molecule is CCOC(=O)C1=C(C(=O)OCC)SC2(S1)C(C(=O)OCC)=C(C(=O)OCC)SC1=C2c2cc(C)ccc2N(C)C1(C)C. The average Bonchev–Trinajstić information content (AvgIpc) is 3.32. The second-order valence-electron chi connectivity index (χ2n) is 10.0. The fourth-order valence-corrected chi connectivity index (χ4v) is 10.0. The van der Waals surface area contributed by atoms with Gasteiger partial charge < -0.3 is 23.8 Å². The zero-order chi connectivity index (χ0) is 31.0. The molecular weight excluding hydrogens is 599 g/mol. The third-order valence-corrected chi connectivity index (χ3v) is 11.7. The lowest BCUT2D eigenvalue weighted by molar-refractivity contribution is -0.141. The predicted octanol–water partition coefficient (Wildman–Crippen LogP) is 5.58. The molecule has 1 spiro atoms. The smallest absolute Gasteiger partial charge is 0.346 e. The summed E-state index contributed by atoms with van der Waals surface area (Å²) in [6.45, 7) is 13.0. The second kappa shape index (κ2) is 12.4. The van der Waals surface area contributed by atoms with Crippen molar-refractivity contribution in [1.82, 2.24) is 0 Å². The topological polar surface area (TPSA) is 108 Å². The van der Waals surface area contributed by atoms with Gasteiger partial charge in [0.15, 0.2) is 0 Å². The van der Waals surface area contributed by atoms with Crippen LogP contribution in [-0.4, -0.2) is 67.0 Å². The van der Waals surface area contributed by atoms with Gasteiger partial charge >= 0.3 is 23.9 Å². The molecule has 0 aliphatic carbocycles. The number of likely N-dealkylation sites (N-methyl/N-ethyl adjacent to an activating group) is 1. The molecule has 9 nitrogen and oxygen atoms in total. The van der Waals surface area contributed by atoms with Crippen molar-refractivity contribution in [3.8, 4) is 0 Å². The predicted molar refractivity (Wildman–Crippen MR) is 167 cm³/mol. The molecule has 3 aliphatic heterocycles. The van der Waals surface area contributed by atoms with Crippen LogP contribution in [0.2, 0.25) is 0 Å². The zero-order valence-electron chi connectivity index (χ0n) is 25.0. The van der Waals surface area contributed by atoms with E-state index in [2.05, 4.69) is 4.90 Å². The molecule has 0 saturated carbocycles. The molecule has 1 aromatic rings. The van der Waals surface area contributed by atoms with Crippen LogP contribution in [0.25, 0.3) is 5.57 Å². The van der Waals surface area contributed by atoms with Crippen LogP contribution >= 0.6 is 35.3 Å². The number of esters is 4. The average molecular weight is 634 g/mol. The van der Waals surface area contributed by atoms with Crippen molar-refractivity contribution in [3.63, 3.8) is 0 Å². The summed E-state index contributed by atoms with van der Waals surface area (Å²) in [7, 11) is 1.97. The minimum Gasteiger partial charge on any atom is -0.463 e. The number of carbonyl (C=O) groups is 4. The van der Waals surface area contributed by atoms with Gasteiger partial charge in [-0.2, -0.15) is 0 Å². The van der Waals surface area contributed by atoms with E-state index in [-0.39, 0.29) is 46.7 Å². The van der Waals surface area contributed by atoms with E-state index in [1.807, 2.05) is 46.0 Å². The van der Waals surface area contributed by atoms with Crippen molar-refractivity contribution < 1.29 is 38.1 Å². The van der Waals surface area contributed by atoms with Gasteiger partial charge in [-0.05, 0) is 60.6 Å². The summed E-state index contributed by atoms with van der Waals surface area (Å²) in [6, 6.07) is 6.04. The number of thioether (sulfide) groups is 3. The Balaban J connectivity index is 2.14. The first kappa shape index (κ1) is 32.1. The quantitative estimate of drug-likeness (QED) is 0.264. The largest absolute Gasteiger partial charge is 0.463 e. The molecule has 42 heavy (non-hydrogen) atoms. The van der Waals surface area contributed by atoms with Crippen LogP contribution in [0.1, 0.15) is 52.7 Å². The molecule has 1 aromatic carbocycles. The Bertz CT molecular complexity index is 1410. The van der Waals surface area contributed by atoms with Crippen LogP contribution in [0.4, 0.5) is 5.69 Å². The molecule has 226 valence electrons. The number of aryl methyl sites for hydroxylation is 1. The minimum absolute atomic E-state index is 0.00925. The lowest BCUT2D eigenvalue weighted by Gasteiger charge is -2.50. The molecule has 3 aliphatic rings. The lowest BCUT2D eigenvalue weighted by Crippen LogP contribution is -2.49. The molecule has 0 amide bonds. The normalized spacial score (nSPS) is 18.5. The number of anilines is 1. The fourth-order valence-electron chi connectivity index (χ4n) is 4.99. The Labute approximate surface area is 258 Å². The molecule has 0 N–H and O–H groups in total. The lowest BCUT2D eigenvalue weighted by atomic mass is 9.83. The van der Waals surface area contributed by atoms with Gasteiger partial charge in [0.05, 0.1) is 37.5 Å². The van der Waals surface area contributed by atoms with Crippen LogP contribution in [0.5, 0.6) is 0 Å². The molecule has 0 unspecified atom stereocenters. The summed E-state index contributed by atoms with van der Waals surface area (Å²) in [5.74, 6) is -2.85. The van der Waals surface area contributed by atoms with E-state index in [0.29, 0.717) is 5.57 Å². The number of nitrogens with zero attached hydrogens (tertiary/aromatic N) is 1. The van der Waals surface area contributed by atoms with Gasteiger partial charge in [-0.25, -0.2) is 19.2 Å². The van der Waals surface area contributed by atoms with Gasteiger partial charge in [0, 0.05) is 28.8 Å². The van der Waals surface area contributed by atoms with Gasteiger partial charge in [-0.15, -0.1) is 0 Å². The molecule has 12 heteroatoms. The van der Waals surface area contributed by atoms with Crippen LogP contribution in [0.3, 0.4) is 0 Å². The maximum atomic E-state index is 14.0. The Morgan fingerprint density at radius 1 is 0.762 bits per heavy atom. The van der Waals surface area contributed by atoms with Crippen molar-refractivity contribution in [2.75, 3.05) is 38.4 Å². The van der Waals surface area contributed by atoms with Crippen molar-refractivity contribution >= 4 is 70.4 Å². The highest BCUT2D eigenvalue weighted by atomic mass is 32.2. The summed E-state index contributed by atoms with van der Waals surface area (Å²) >= 11 is 3.20.